The maximum atomic E-state index is 12.1. The highest BCUT2D eigenvalue weighted by Crippen LogP contribution is 2.22. The van der Waals surface area contributed by atoms with Crippen LogP contribution in [0.4, 0.5) is 0 Å². The van der Waals surface area contributed by atoms with Gasteiger partial charge in [-0.15, -0.1) is 0 Å². The van der Waals surface area contributed by atoms with Gasteiger partial charge in [0.15, 0.2) is 9.84 Å². The molecule has 1 aliphatic rings. The van der Waals surface area contributed by atoms with Crippen LogP contribution < -0.4 is 0 Å². The van der Waals surface area contributed by atoms with E-state index in [2.05, 4.69) is 0 Å². The molecule has 2 rings (SSSR count). The van der Waals surface area contributed by atoms with Gasteiger partial charge >= 0.3 is 0 Å². The highest BCUT2D eigenvalue weighted by Gasteiger charge is 2.30. The molecule has 1 saturated heterocycles. The Kier molecular flexibility index (Phi) is 4.32. The van der Waals surface area contributed by atoms with Crippen LogP contribution in [-0.4, -0.2) is 42.9 Å². The maximum absolute atomic E-state index is 12.1. The van der Waals surface area contributed by atoms with E-state index in [1.807, 2.05) is 0 Å². The number of carbonyl (C=O) groups excluding carboxylic acids is 1. The van der Waals surface area contributed by atoms with Gasteiger partial charge in [-0.05, 0) is 30.0 Å². The summed E-state index contributed by atoms with van der Waals surface area (Å²) in [7, 11) is -1.22. The number of nitrogens with zero attached hydrogens (tertiary/aromatic N) is 1. The number of hydrogen-bond donors (Lipinski definition) is 1. The molecule has 1 aromatic rings. The Morgan fingerprint density at radius 1 is 1.35 bits per heavy atom. The summed E-state index contributed by atoms with van der Waals surface area (Å²) < 4.78 is 22.7. The third kappa shape index (κ3) is 3.96. The molecule has 1 aromatic carbocycles. The topological polar surface area (TPSA) is 74.7 Å². The fourth-order valence-electron chi connectivity index (χ4n) is 2.40. The van der Waals surface area contributed by atoms with Crippen LogP contribution in [0.2, 0.25) is 0 Å². The van der Waals surface area contributed by atoms with Crippen LogP contribution in [0.1, 0.15) is 18.4 Å². The van der Waals surface area contributed by atoms with Gasteiger partial charge in [0.1, 0.15) is 5.75 Å². The van der Waals surface area contributed by atoms with Crippen molar-refractivity contribution < 1.29 is 18.3 Å². The highest BCUT2D eigenvalue weighted by atomic mass is 32.2. The van der Waals surface area contributed by atoms with E-state index in [1.54, 1.807) is 36.2 Å². The lowest BCUT2D eigenvalue weighted by molar-refractivity contribution is -0.131. The molecule has 0 aliphatic carbocycles. The number of hydrogen-bond acceptors (Lipinski definition) is 4. The van der Waals surface area contributed by atoms with Gasteiger partial charge in [0.2, 0.25) is 5.91 Å². The van der Waals surface area contributed by atoms with E-state index in [1.165, 1.54) is 0 Å². The van der Waals surface area contributed by atoms with Crippen molar-refractivity contribution in [3.05, 3.63) is 29.8 Å². The van der Waals surface area contributed by atoms with Crippen molar-refractivity contribution in [2.45, 2.75) is 19.4 Å². The minimum absolute atomic E-state index is 0.0415. The lowest BCUT2D eigenvalue weighted by atomic mass is 10.0. The van der Waals surface area contributed by atoms with Gasteiger partial charge < -0.3 is 10.0 Å². The van der Waals surface area contributed by atoms with Crippen molar-refractivity contribution >= 4 is 15.7 Å². The Morgan fingerprint density at radius 3 is 2.55 bits per heavy atom. The van der Waals surface area contributed by atoms with E-state index in [4.69, 9.17) is 0 Å². The van der Waals surface area contributed by atoms with Crippen LogP contribution >= 0.6 is 0 Å². The molecular weight excluding hydrogens is 278 g/mol. The van der Waals surface area contributed by atoms with Crippen molar-refractivity contribution in [1.82, 2.24) is 4.90 Å². The number of phenolic OH excluding ortho intramolecular Hbond substituents is 1. The minimum atomic E-state index is -2.93. The fourth-order valence-corrected chi connectivity index (χ4v) is 4.26. The Hall–Kier alpha value is -1.56. The SMILES string of the molecule is CN(Cc1ccc(O)cc1)C(=O)CC1CCS(=O)(=O)C1. The molecule has 1 heterocycles. The third-order valence-corrected chi connectivity index (χ3v) is 5.41. The number of phenols is 1. The van der Waals surface area contributed by atoms with E-state index < -0.39 is 9.84 Å². The summed E-state index contributed by atoms with van der Waals surface area (Å²) in [6, 6.07) is 6.69. The summed E-state index contributed by atoms with van der Waals surface area (Å²) in [6.07, 6.45) is 0.870. The molecule has 6 heteroatoms. The molecule has 5 nitrogen and oxygen atoms in total. The summed E-state index contributed by atoms with van der Waals surface area (Å²) in [5.74, 6) is 0.437. The van der Waals surface area contributed by atoms with Crippen LogP contribution in [0.5, 0.6) is 5.75 Å². The van der Waals surface area contributed by atoms with Crippen LogP contribution in [0.3, 0.4) is 0 Å². The standard InChI is InChI=1S/C14H19NO4S/c1-15(9-11-2-4-13(16)5-3-11)14(17)8-12-6-7-20(18,19)10-12/h2-5,12,16H,6-10H2,1H3. The zero-order valence-corrected chi connectivity index (χ0v) is 12.3. The van der Waals surface area contributed by atoms with E-state index in [-0.39, 0.29) is 35.5 Å². The number of benzene rings is 1. The van der Waals surface area contributed by atoms with E-state index in [0.29, 0.717) is 13.0 Å². The molecular formula is C14H19NO4S. The summed E-state index contributed by atoms with van der Waals surface area (Å²) in [5, 5.41) is 9.20. The molecule has 1 fully saturated rings. The van der Waals surface area contributed by atoms with Gasteiger partial charge in [-0.25, -0.2) is 8.42 Å². The normalized spacial score (nSPS) is 20.8. The minimum Gasteiger partial charge on any atom is -0.508 e. The number of amides is 1. The Labute approximate surface area is 119 Å². The van der Waals surface area contributed by atoms with Crippen molar-refractivity contribution in [2.24, 2.45) is 5.92 Å². The molecule has 0 radical (unpaired) electrons. The zero-order valence-electron chi connectivity index (χ0n) is 11.4. The monoisotopic (exact) mass is 297 g/mol. The van der Waals surface area contributed by atoms with Crippen molar-refractivity contribution in [3.8, 4) is 5.75 Å². The number of rotatable bonds is 4. The average molecular weight is 297 g/mol. The van der Waals surface area contributed by atoms with E-state index >= 15 is 0 Å². The van der Waals surface area contributed by atoms with Crippen molar-refractivity contribution in [1.29, 1.82) is 0 Å². The van der Waals surface area contributed by atoms with E-state index in [9.17, 15) is 18.3 Å². The second kappa shape index (κ2) is 5.83. The largest absolute Gasteiger partial charge is 0.508 e. The Balaban J connectivity index is 1.88. The lowest BCUT2D eigenvalue weighted by Gasteiger charge is -2.19. The highest BCUT2D eigenvalue weighted by molar-refractivity contribution is 7.91. The lowest BCUT2D eigenvalue weighted by Crippen LogP contribution is -2.28. The first kappa shape index (κ1) is 14.8. The molecule has 20 heavy (non-hydrogen) atoms. The summed E-state index contributed by atoms with van der Waals surface area (Å²) in [5.41, 5.74) is 0.928. The number of aromatic hydroxyl groups is 1. The molecule has 0 bridgehead atoms. The van der Waals surface area contributed by atoms with Gasteiger partial charge in [-0.3, -0.25) is 4.79 Å². The molecule has 1 unspecified atom stereocenters. The Bertz CT molecular complexity index is 580. The van der Waals surface area contributed by atoms with Crippen LogP contribution in [0, 0.1) is 5.92 Å². The van der Waals surface area contributed by atoms with Gasteiger partial charge in [0.05, 0.1) is 11.5 Å². The van der Waals surface area contributed by atoms with Gasteiger partial charge in [-0.1, -0.05) is 12.1 Å². The molecule has 1 amide bonds. The smallest absolute Gasteiger partial charge is 0.222 e. The summed E-state index contributed by atoms with van der Waals surface area (Å²) >= 11 is 0. The fraction of sp³-hybridized carbons (Fsp3) is 0.500. The first-order chi connectivity index (χ1) is 9.35. The molecule has 0 saturated carbocycles. The van der Waals surface area contributed by atoms with Gasteiger partial charge in [-0.2, -0.15) is 0 Å². The average Bonchev–Trinajstić information content (AvgIpc) is 2.71. The second-order valence-corrected chi connectivity index (χ2v) is 7.62. The predicted octanol–water partition coefficient (Wildman–Crippen LogP) is 1.18. The Morgan fingerprint density at radius 2 is 2.00 bits per heavy atom. The first-order valence-corrected chi connectivity index (χ1v) is 8.40. The van der Waals surface area contributed by atoms with Crippen LogP contribution in [-0.2, 0) is 21.2 Å². The summed E-state index contributed by atoms with van der Waals surface area (Å²) in [6.45, 7) is 0.457. The maximum Gasteiger partial charge on any atom is 0.222 e. The van der Waals surface area contributed by atoms with Crippen LogP contribution in [0.15, 0.2) is 24.3 Å². The zero-order chi connectivity index (χ0) is 14.8. The molecule has 1 aliphatic heterocycles. The first-order valence-electron chi connectivity index (χ1n) is 6.58. The van der Waals surface area contributed by atoms with Crippen molar-refractivity contribution in [2.75, 3.05) is 18.6 Å². The number of carbonyl (C=O) groups is 1. The number of sulfone groups is 1. The van der Waals surface area contributed by atoms with Gasteiger partial charge in [0, 0.05) is 20.0 Å². The second-order valence-electron chi connectivity index (χ2n) is 5.39. The quantitative estimate of drug-likeness (QED) is 0.905. The van der Waals surface area contributed by atoms with Crippen molar-refractivity contribution in [3.63, 3.8) is 0 Å². The molecule has 0 aromatic heterocycles. The predicted molar refractivity (Wildman–Crippen MR) is 76.0 cm³/mol. The third-order valence-electron chi connectivity index (χ3n) is 3.57. The van der Waals surface area contributed by atoms with Crippen LogP contribution in [0.25, 0.3) is 0 Å². The summed E-state index contributed by atoms with van der Waals surface area (Å²) in [4.78, 5) is 13.7. The molecule has 110 valence electrons. The molecule has 0 spiro atoms. The molecule has 1 atom stereocenters. The molecule has 1 N–H and O–H groups in total. The van der Waals surface area contributed by atoms with Gasteiger partial charge in [0.25, 0.3) is 0 Å². The van der Waals surface area contributed by atoms with E-state index in [0.717, 1.165) is 5.56 Å².